The summed E-state index contributed by atoms with van der Waals surface area (Å²) >= 11 is 0. The molecule has 0 fully saturated rings. The summed E-state index contributed by atoms with van der Waals surface area (Å²) in [7, 11) is -0.503. The van der Waals surface area contributed by atoms with Crippen LogP contribution in [0.3, 0.4) is 0 Å². The molecule has 0 radical (unpaired) electrons. The molecule has 0 atom stereocenters. The van der Waals surface area contributed by atoms with Gasteiger partial charge in [-0.25, -0.2) is 0 Å². The lowest BCUT2D eigenvalue weighted by Crippen LogP contribution is -2.15. The quantitative estimate of drug-likeness (QED) is 0.206. The van der Waals surface area contributed by atoms with Crippen molar-refractivity contribution in [1.29, 1.82) is 5.26 Å². The Morgan fingerprint density at radius 2 is 1.77 bits per heavy atom. The lowest BCUT2D eigenvalue weighted by atomic mass is 9.92. The summed E-state index contributed by atoms with van der Waals surface area (Å²) in [5, 5.41) is 20.6. The average Bonchev–Trinajstić information content (AvgIpc) is 2.80. The molecule has 0 amide bonds. The summed E-state index contributed by atoms with van der Waals surface area (Å²) in [6, 6.07) is 12.3. The van der Waals surface area contributed by atoms with Crippen LogP contribution in [0.5, 0.6) is 11.5 Å². The molecule has 35 heavy (non-hydrogen) atoms. The standard InChI is InChI=1S/C23H21N3O4.CH4O3S/c1-15(10-16-4-6-19(7-5-16)26(27)28)11-18(14-24)23-20-13-22(30-3)21(29-2)12-17(20)8-9-25-23;1-5(2,3)4/h4-7,10-13H,8-9H2,1-3H3;1H3,(H,2,3,4)/b15-10+,18-11+;. The first-order valence-corrected chi connectivity index (χ1v) is 12.1. The summed E-state index contributed by atoms with van der Waals surface area (Å²) in [4.78, 5) is 15.0. The third kappa shape index (κ3) is 8.06. The minimum absolute atomic E-state index is 0.0376. The van der Waals surface area contributed by atoms with Gasteiger partial charge >= 0.3 is 0 Å². The van der Waals surface area contributed by atoms with Crippen LogP contribution in [0.2, 0.25) is 0 Å². The summed E-state index contributed by atoms with van der Waals surface area (Å²) < 4.78 is 36.7. The van der Waals surface area contributed by atoms with Crippen LogP contribution >= 0.6 is 0 Å². The van der Waals surface area contributed by atoms with E-state index in [4.69, 9.17) is 14.0 Å². The third-order valence-electron chi connectivity index (χ3n) is 4.76. The molecule has 1 N–H and O–H groups in total. The maximum absolute atomic E-state index is 10.8. The number of non-ortho nitro benzene ring substituents is 1. The Hall–Kier alpha value is -4.01. The topological polar surface area (TPSA) is 152 Å². The highest BCUT2D eigenvalue weighted by Gasteiger charge is 2.21. The molecule has 0 unspecified atom stereocenters. The SMILES string of the molecule is COc1cc2c(cc1OC)C(/C(C#N)=C/C(C)=C/c1ccc([N+](=O)[O-])cc1)=NCC2.CS(=O)(=O)O. The molecule has 0 bridgehead atoms. The minimum atomic E-state index is -3.67. The molecule has 3 rings (SSSR count). The Bertz CT molecular complexity index is 1330. The fourth-order valence-corrected chi connectivity index (χ4v) is 3.33. The first kappa shape index (κ1) is 27.2. The summed E-state index contributed by atoms with van der Waals surface area (Å²) in [6.07, 6.45) is 5.11. The van der Waals surface area contributed by atoms with Crippen LogP contribution in [0.4, 0.5) is 5.69 Å². The number of nitro benzene ring substituents is 1. The van der Waals surface area contributed by atoms with Gasteiger partial charge in [-0.15, -0.1) is 0 Å². The molecule has 0 aliphatic carbocycles. The molecule has 1 aliphatic heterocycles. The highest BCUT2D eigenvalue weighted by molar-refractivity contribution is 7.85. The highest BCUT2D eigenvalue weighted by Crippen LogP contribution is 2.33. The van der Waals surface area contributed by atoms with Gasteiger partial charge in [0.2, 0.25) is 0 Å². The highest BCUT2D eigenvalue weighted by atomic mass is 32.2. The molecular weight excluding hydrogens is 474 g/mol. The number of ether oxygens (including phenoxy) is 2. The second-order valence-electron chi connectivity index (χ2n) is 7.48. The minimum Gasteiger partial charge on any atom is -0.493 e. The number of nitrogens with zero attached hydrogens (tertiary/aromatic N) is 3. The van der Waals surface area contributed by atoms with E-state index in [0.29, 0.717) is 35.6 Å². The predicted molar refractivity (Wildman–Crippen MR) is 133 cm³/mol. The van der Waals surface area contributed by atoms with E-state index in [-0.39, 0.29) is 5.69 Å². The zero-order valence-electron chi connectivity index (χ0n) is 19.7. The second-order valence-corrected chi connectivity index (χ2v) is 8.95. The van der Waals surface area contributed by atoms with Gasteiger partial charge in [-0.1, -0.05) is 6.08 Å². The lowest BCUT2D eigenvalue weighted by Gasteiger charge is -2.19. The van der Waals surface area contributed by atoms with Crippen LogP contribution in [0.15, 0.2) is 58.6 Å². The predicted octanol–water partition coefficient (Wildman–Crippen LogP) is 4.01. The smallest absolute Gasteiger partial charge is 0.269 e. The van der Waals surface area contributed by atoms with E-state index in [2.05, 4.69) is 11.1 Å². The number of fused-ring (bicyclic) bond motifs is 1. The molecule has 1 heterocycles. The fraction of sp³-hybridized carbons (Fsp3) is 0.250. The zero-order chi connectivity index (χ0) is 26.2. The lowest BCUT2D eigenvalue weighted by molar-refractivity contribution is -0.384. The molecular formula is C24H25N3O7S. The molecule has 0 saturated heterocycles. The van der Waals surface area contributed by atoms with Gasteiger partial charge in [0.05, 0.1) is 36.7 Å². The van der Waals surface area contributed by atoms with Gasteiger partial charge in [0.1, 0.15) is 6.07 Å². The monoisotopic (exact) mass is 499 g/mol. The Labute approximate surface area is 203 Å². The van der Waals surface area contributed by atoms with E-state index in [9.17, 15) is 23.8 Å². The van der Waals surface area contributed by atoms with Gasteiger partial charge < -0.3 is 9.47 Å². The van der Waals surface area contributed by atoms with E-state index in [1.807, 2.05) is 25.1 Å². The maximum Gasteiger partial charge on any atom is 0.269 e. The van der Waals surface area contributed by atoms with E-state index in [0.717, 1.165) is 28.7 Å². The van der Waals surface area contributed by atoms with Crippen molar-refractivity contribution in [2.75, 3.05) is 27.0 Å². The average molecular weight is 500 g/mol. The van der Waals surface area contributed by atoms with E-state index in [1.54, 1.807) is 32.4 Å². The Morgan fingerprint density at radius 1 is 1.20 bits per heavy atom. The van der Waals surface area contributed by atoms with Crippen molar-refractivity contribution in [2.45, 2.75) is 13.3 Å². The van der Waals surface area contributed by atoms with Crippen molar-refractivity contribution in [3.05, 3.63) is 80.4 Å². The first-order valence-electron chi connectivity index (χ1n) is 10.2. The van der Waals surface area contributed by atoms with E-state index >= 15 is 0 Å². The van der Waals surface area contributed by atoms with Crippen molar-refractivity contribution >= 4 is 27.6 Å². The Morgan fingerprint density at radius 3 is 2.29 bits per heavy atom. The molecule has 184 valence electrons. The molecule has 1 aliphatic rings. The molecule has 0 saturated carbocycles. The van der Waals surface area contributed by atoms with E-state index < -0.39 is 15.0 Å². The van der Waals surface area contributed by atoms with Gasteiger partial charge in [-0.3, -0.25) is 19.7 Å². The van der Waals surface area contributed by atoms with Crippen LogP contribution in [-0.2, 0) is 16.5 Å². The number of hydrogen-bond acceptors (Lipinski definition) is 8. The van der Waals surface area contributed by atoms with Crippen LogP contribution in [0, 0.1) is 21.4 Å². The number of benzene rings is 2. The second kappa shape index (κ2) is 11.9. The molecule has 2 aromatic carbocycles. The van der Waals surface area contributed by atoms with Gasteiger partial charge in [-0.2, -0.15) is 13.7 Å². The molecule has 0 aromatic heterocycles. The van der Waals surface area contributed by atoms with Crippen LogP contribution < -0.4 is 9.47 Å². The number of aliphatic imine (C=N–C) groups is 1. The molecule has 2 aromatic rings. The number of nitriles is 1. The maximum atomic E-state index is 10.8. The first-order chi connectivity index (χ1) is 16.5. The third-order valence-corrected chi connectivity index (χ3v) is 4.76. The number of rotatable bonds is 6. The number of hydrogen-bond donors (Lipinski definition) is 1. The number of allylic oxidation sites excluding steroid dienone is 3. The number of nitro groups is 1. The summed E-state index contributed by atoms with van der Waals surface area (Å²) in [5.41, 5.74) is 4.65. The Kier molecular flexibility index (Phi) is 9.27. The van der Waals surface area contributed by atoms with Crippen molar-refractivity contribution in [1.82, 2.24) is 0 Å². The van der Waals surface area contributed by atoms with Gasteiger partial charge in [0.25, 0.3) is 15.8 Å². The van der Waals surface area contributed by atoms with Gasteiger partial charge in [0, 0.05) is 24.2 Å². The van der Waals surface area contributed by atoms with Crippen molar-refractivity contribution in [3.8, 4) is 17.6 Å². The van der Waals surface area contributed by atoms with Gasteiger partial charge in [0.15, 0.2) is 11.5 Å². The van der Waals surface area contributed by atoms with Gasteiger partial charge in [-0.05, 0) is 60.4 Å². The van der Waals surface area contributed by atoms with Crippen molar-refractivity contribution < 1.29 is 27.4 Å². The van der Waals surface area contributed by atoms with Crippen LogP contribution in [-0.4, -0.2) is 50.6 Å². The zero-order valence-corrected chi connectivity index (χ0v) is 20.5. The fourth-order valence-electron chi connectivity index (χ4n) is 3.33. The molecule has 10 nitrogen and oxygen atoms in total. The Balaban J connectivity index is 0.000000784. The van der Waals surface area contributed by atoms with Crippen molar-refractivity contribution in [2.24, 2.45) is 4.99 Å². The molecule has 11 heteroatoms. The van der Waals surface area contributed by atoms with E-state index in [1.165, 1.54) is 12.1 Å². The largest absolute Gasteiger partial charge is 0.493 e. The molecule has 0 spiro atoms. The normalized spacial score (nSPS) is 13.4. The number of methoxy groups -OCH3 is 2. The van der Waals surface area contributed by atoms with Crippen molar-refractivity contribution in [3.63, 3.8) is 0 Å². The summed E-state index contributed by atoms with van der Waals surface area (Å²) in [5.74, 6) is 1.23. The van der Waals surface area contributed by atoms with Crippen LogP contribution in [0.25, 0.3) is 6.08 Å². The summed E-state index contributed by atoms with van der Waals surface area (Å²) in [6.45, 7) is 2.46. The van der Waals surface area contributed by atoms with Crippen LogP contribution in [0.1, 0.15) is 23.6 Å².